The minimum atomic E-state index is -0.940. The lowest BCUT2D eigenvalue weighted by Gasteiger charge is -2.17. The Kier molecular flexibility index (Phi) is 4.39. The van der Waals surface area contributed by atoms with E-state index < -0.39 is 12.0 Å². The summed E-state index contributed by atoms with van der Waals surface area (Å²) in [6.45, 7) is 0. The lowest BCUT2D eigenvalue weighted by Crippen LogP contribution is -2.09. The molecule has 0 aliphatic rings. The van der Waals surface area contributed by atoms with E-state index >= 15 is 0 Å². The van der Waals surface area contributed by atoms with Crippen LogP contribution in [-0.4, -0.2) is 10.1 Å². The first kappa shape index (κ1) is 13.8. The van der Waals surface area contributed by atoms with Gasteiger partial charge in [-0.15, -0.1) is 0 Å². The van der Waals surface area contributed by atoms with E-state index in [2.05, 4.69) is 11.1 Å². The van der Waals surface area contributed by atoms with Gasteiger partial charge in [-0.25, -0.2) is 0 Å². The van der Waals surface area contributed by atoms with Gasteiger partial charge in [-0.2, -0.15) is 5.26 Å². The average Bonchev–Trinajstić information content (AvgIpc) is 2.44. The number of nitrogens with zero attached hydrogens (tertiary/aromatic N) is 2. The Morgan fingerprint density at radius 1 is 1.05 bits per heavy atom. The van der Waals surface area contributed by atoms with Crippen molar-refractivity contribution in [2.24, 2.45) is 0 Å². The summed E-state index contributed by atoms with van der Waals surface area (Å²) in [5, 5.41) is 20.3. The summed E-state index contributed by atoms with van der Waals surface area (Å²) in [5.74, 6) is -0.711. The van der Waals surface area contributed by atoms with Gasteiger partial charge in [-0.1, -0.05) is 29.3 Å². The number of aromatic nitrogens is 1. The van der Waals surface area contributed by atoms with Crippen LogP contribution in [0.1, 0.15) is 23.1 Å². The van der Waals surface area contributed by atoms with E-state index in [1.807, 2.05) is 0 Å². The molecule has 2 aromatic rings. The maximum atomic E-state index is 10.3. The number of rotatable bonds is 3. The number of hydrogen-bond donors (Lipinski definition) is 1. The first-order valence-corrected chi connectivity index (χ1v) is 6.31. The molecule has 0 aliphatic carbocycles. The quantitative estimate of drug-likeness (QED) is 0.938. The van der Waals surface area contributed by atoms with Crippen molar-refractivity contribution in [1.82, 2.24) is 4.98 Å². The summed E-state index contributed by atoms with van der Waals surface area (Å²) >= 11 is 11.8. The van der Waals surface area contributed by atoms with Gasteiger partial charge in [-0.05, 0) is 35.4 Å². The largest absolute Gasteiger partial charge is 0.387 e. The molecule has 2 rings (SSSR count). The topological polar surface area (TPSA) is 56.9 Å². The van der Waals surface area contributed by atoms with Crippen molar-refractivity contribution in [3.05, 3.63) is 63.9 Å². The first-order chi connectivity index (χ1) is 9.13. The molecule has 1 N–H and O–H groups in total. The van der Waals surface area contributed by atoms with E-state index in [0.29, 0.717) is 21.2 Å². The summed E-state index contributed by atoms with van der Waals surface area (Å²) in [7, 11) is 0. The summed E-state index contributed by atoms with van der Waals surface area (Å²) in [5.41, 5.74) is 1.26. The molecular weight excluding hydrogens is 283 g/mol. The monoisotopic (exact) mass is 292 g/mol. The third kappa shape index (κ3) is 3.05. The van der Waals surface area contributed by atoms with Crippen LogP contribution in [0.3, 0.4) is 0 Å². The fraction of sp³-hybridized carbons (Fsp3) is 0.143. The molecule has 1 aromatic carbocycles. The van der Waals surface area contributed by atoms with Crippen molar-refractivity contribution in [3.63, 3.8) is 0 Å². The average molecular weight is 293 g/mol. The standard InChI is InChI=1S/C14H10Cl2N2O/c15-12-2-1-10(7-13(12)16)11(8-17)14(19)9-3-5-18-6-4-9/h1-7,11,14,19H. The molecule has 0 spiro atoms. The van der Waals surface area contributed by atoms with Crippen LogP contribution >= 0.6 is 23.2 Å². The highest BCUT2D eigenvalue weighted by atomic mass is 35.5. The predicted octanol–water partition coefficient (Wildman–Crippen LogP) is 3.73. The van der Waals surface area contributed by atoms with E-state index in [4.69, 9.17) is 23.2 Å². The van der Waals surface area contributed by atoms with E-state index in [1.165, 1.54) is 0 Å². The van der Waals surface area contributed by atoms with Crippen LogP contribution in [0.15, 0.2) is 42.7 Å². The first-order valence-electron chi connectivity index (χ1n) is 5.56. The molecule has 0 aliphatic heterocycles. The number of nitriles is 1. The number of benzene rings is 1. The Bertz CT molecular complexity index is 611. The summed E-state index contributed by atoms with van der Waals surface area (Å²) < 4.78 is 0. The lowest BCUT2D eigenvalue weighted by molar-refractivity contribution is 0.164. The van der Waals surface area contributed by atoms with Gasteiger partial charge >= 0.3 is 0 Å². The number of halogens is 2. The molecule has 2 unspecified atom stereocenters. The van der Waals surface area contributed by atoms with E-state index in [1.54, 1.807) is 42.7 Å². The van der Waals surface area contributed by atoms with Crippen molar-refractivity contribution in [2.45, 2.75) is 12.0 Å². The van der Waals surface area contributed by atoms with Crippen molar-refractivity contribution in [3.8, 4) is 6.07 Å². The van der Waals surface area contributed by atoms with Gasteiger partial charge in [0, 0.05) is 12.4 Å². The minimum absolute atomic E-state index is 0.362. The van der Waals surface area contributed by atoms with Crippen LogP contribution in [0.5, 0.6) is 0 Å². The van der Waals surface area contributed by atoms with E-state index in [-0.39, 0.29) is 0 Å². The second-order valence-electron chi connectivity index (χ2n) is 4.01. The van der Waals surface area contributed by atoms with Gasteiger partial charge < -0.3 is 5.11 Å². The van der Waals surface area contributed by atoms with Gasteiger partial charge in [0.05, 0.1) is 22.2 Å². The molecule has 0 saturated heterocycles. The van der Waals surface area contributed by atoms with E-state index in [0.717, 1.165) is 0 Å². The van der Waals surface area contributed by atoms with Crippen LogP contribution in [0.25, 0.3) is 0 Å². The van der Waals surface area contributed by atoms with Crippen LogP contribution in [0.4, 0.5) is 0 Å². The molecule has 0 bridgehead atoms. The predicted molar refractivity (Wildman–Crippen MR) is 74.0 cm³/mol. The Morgan fingerprint density at radius 2 is 1.74 bits per heavy atom. The van der Waals surface area contributed by atoms with Gasteiger partial charge in [-0.3, -0.25) is 4.98 Å². The molecule has 19 heavy (non-hydrogen) atoms. The summed E-state index contributed by atoms with van der Waals surface area (Å²) in [6.07, 6.45) is 2.20. The summed E-state index contributed by atoms with van der Waals surface area (Å²) in [6, 6.07) is 10.3. The molecule has 0 radical (unpaired) electrons. The van der Waals surface area contributed by atoms with Crippen molar-refractivity contribution < 1.29 is 5.11 Å². The number of aliphatic hydroxyl groups is 1. The third-order valence-corrected chi connectivity index (χ3v) is 3.54. The molecular formula is C14H10Cl2N2O. The minimum Gasteiger partial charge on any atom is -0.387 e. The molecule has 0 amide bonds. The SMILES string of the molecule is N#CC(c1ccc(Cl)c(Cl)c1)C(O)c1ccncc1. The van der Waals surface area contributed by atoms with Crippen LogP contribution in [-0.2, 0) is 0 Å². The molecule has 0 fully saturated rings. The van der Waals surface area contributed by atoms with Crippen molar-refractivity contribution >= 4 is 23.2 Å². The zero-order valence-corrected chi connectivity index (χ0v) is 11.3. The number of pyridine rings is 1. The normalized spacial score (nSPS) is 13.6. The second-order valence-corrected chi connectivity index (χ2v) is 4.82. The highest BCUT2D eigenvalue weighted by Gasteiger charge is 2.23. The van der Waals surface area contributed by atoms with Gasteiger partial charge in [0.1, 0.15) is 5.92 Å². The molecule has 96 valence electrons. The zero-order valence-electron chi connectivity index (χ0n) is 9.79. The number of aliphatic hydroxyl groups excluding tert-OH is 1. The van der Waals surface area contributed by atoms with Crippen molar-refractivity contribution in [1.29, 1.82) is 5.26 Å². The molecule has 1 aromatic heterocycles. The number of hydrogen-bond acceptors (Lipinski definition) is 3. The Balaban J connectivity index is 2.35. The highest BCUT2D eigenvalue weighted by molar-refractivity contribution is 6.42. The molecule has 5 heteroatoms. The van der Waals surface area contributed by atoms with Gasteiger partial charge in [0.2, 0.25) is 0 Å². The maximum Gasteiger partial charge on any atom is 0.101 e. The third-order valence-electron chi connectivity index (χ3n) is 2.81. The van der Waals surface area contributed by atoms with E-state index in [9.17, 15) is 10.4 Å². The van der Waals surface area contributed by atoms with Crippen LogP contribution in [0, 0.1) is 11.3 Å². The fourth-order valence-electron chi connectivity index (χ4n) is 1.79. The van der Waals surface area contributed by atoms with Crippen LogP contribution < -0.4 is 0 Å². The Labute approximate surface area is 121 Å². The van der Waals surface area contributed by atoms with Gasteiger partial charge in [0.15, 0.2) is 0 Å². The Morgan fingerprint density at radius 3 is 2.32 bits per heavy atom. The maximum absolute atomic E-state index is 10.3. The summed E-state index contributed by atoms with van der Waals surface area (Å²) in [4.78, 5) is 3.88. The molecule has 1 heterocycles. The lowest BCUT2D eigenvalue weighted by atomic mass is 9.91. The molecule has 2 atom stereocenters. The highest BCUT2D eigenvalue weighted by Crippen LogP contribution is 2.33. The Hall–Kier alpha value is -1.60. The molecule has 3 nitrogen and oxygen atoms in total. The van der Waals surface area contributed by atoms with Crippen LogP contribution in [0.2, 0.25) is 10.0 Å². The second kappa shape index (κ2) is 6.03. The molecule has 0 saturated carbocycles. The zero-order chi connectivity index (χ0) is 13.8. The fourth-order valence-corrected chi connectivity index (χ4v) is 2.09. The van der Waals surface area contributed by atoms with Gasteiger partial charge in [0.25, 0.3) is 0 Å². The van der Waals surface area contributed by atoms with Crippen molar-refractivity contribution in [2.75, 3.05) is 0 Å². The smallest absolute Gasteiger partial charge is 0.101 e.